The lowest BCUT2D eigenvalue weighted by Gasteiger charge is -2.29. The van der Waals surface area contributed by atoms with Gasteiger partial charge in [0.1, 0.15) is 5.82 Å². The first kappa shape index (κ1) is 11.8. The van der Waals surface area contributed by atoms with E-state index in [4.69, 9.17) is 0 Å². The monoisotopic (exact) mass is 240 g/mol. The van der Waals surface area contributed by atoms with Gasteiger partial charge in [0.25, 0.3) is 0 Å². The van der Waals surface area contributed by atoms with Crippen molar-refractivity contribution in [1.29, 1.82) is 0 Å². The van der Waals surface area contributed by atoms with Gasteiger partial charge in [-0.2, -0.15) is 4.37 Å². The van der Waals surface area contributed by atoms with Gasteiger partial charge in [-0.1, -0.05) is 13.8 Å². The summed E-state index contributed by atoms with van der Waals surface area (Å²) in [6, 6.07) is 0.573. The van der Waals surface area contributed by atoms with Gasteiger partial charge < -0.3 is 10.2 Å². The van der Waals surface area contributed by atoms with Gasteiger partial charge in [0.2, 0.25) is 5.13 Å². The summed E-state index contributed by atoms with van der Waals surface area (Å²) in [7, 11) is 2.18. The molecule has 1 aromatic heterocycles. The molecule has 0 saturated carbocycles. The number of rotatable bonds is 3. The molecular formula is C11H20N4S. The van der Waals surface area contributed by atoms with E-state index in [2.05, 4.69) is 40.5 Å². The molecule has 0 atom stereocenters. The molecule has 4 nitrogen and oxygen atoms in total. The summed E-state index contributed by atoms with van der Waals surface area (Å²) in [5.74, 6) is 1.38. The Kier molecular flexibility index (Phi) is 3.76. The Hall–Kier alpha value is -0.680. The molecule has 2 rings (SSSR count). The maximum atomic E-state index is 4.51. The topological polar surface area (TPSA) is 41.1 Å². The second-order valence-corrected chi connectivity index (χ2v) is 5.59. The predicted molar refractivity (Wildman–Crippen MR) is 68.1 cm³/mol. The summed E-state index contributed by atoms with van der Waals surface area (Å²) in [6.45, 7) is 6.60. The highest BCUT2D eigenvalue weighted by atomic mass is 32.1. The van der Waals surface area contributed by atoms with E-state index in [1.807, 2.05) is 0 Å². The SMILES string of the molecule is CC(C)c1nsc(NC2CCN(C)CC2)n1. The van der Waals surface area contributed by atoms with Crippen LogP contribution in [0.4, 0.5) is 5.13 Å². The van der Waals surface area contributed by atoms with E-state index in [-0.39, 0.29) is 0 Å². The first-order valence-corrected chi connectivity index (χ1v) is 6.71. The van der Waals surface area contributed by atoms with Crippen molar-refractivity contribution in [3.8, 4) is 0 Å². The molecule has 1 aromatic rings. The fourth-order valence-corrected chi connectivity index (χ4v) is 2.64. The molecule has 16 heavy (non-hydrogen) atoms. The Morgan fingerprint density at radius 1 is 1.38 bits per heavy atom. The number of piperidine rings is 1. The summed E-state index contributed by atoms with van der Waals surface area (Å²) in [5, 5.41) is 4.48. The van der Waals surface area contributed by atoms with E-state index in [0.29, 0.717) is 12.0 Å². The van der Waals surface area contributed by atoms with Gasteiger partial charge in [0.15, 0.2) is 0 Å². The molecule has 90 valence electrons. The first-order valence-electron chi connectivity index (χ1n) is 5.94. The van der Waals surface area contributed by atoms with Gasteiger partial charge in [-0.3, -0.25) is 0 Å². The number of aromatic nitrogens is 2. The molecule has 0 aromatic carbocycles. The molecule has 1 N–H and O–H groups in total. The molecule has 0 spiro atoms. The summed E-state index contributed by atoms with van der Waals surface area (Å²) < 4.78 is 4.35. The summed E-state index contributed by atoms with van der Waals surface area (Å²) in [4.78, 5) is 6.88. The minimum atomic E-state index is 0.421. The van der Waals surface area contributed by atoms with Crippen LogP contribution in [0.15, 0.2) is 0 Å². The van der Waals surface area contributed by atoms with Crippen LogP contribution < -0.4 is 5.32 Å². The van der Waals surface area contributed by atoms with E-state index < -0.39 is 0 Å². The van der Waals surface area contributed by atoms with Crippen molar-refractivity contribution in [3.05, 3.63) is 5.82 Å². The van der Waals surface area contributed by atoms with Gasteiger partial charge in [-0.15, -0.1) is 0 Å². The number of hydrogen-bond donors (Lipinski definition) is 1. The van der Waals surface area contributed by atoms with E-state index in [1.54, 1.807) is 0 Å². The lowest BCUT2D eigenvalue weighted by Crippen LogP contribution is -2.36. The highest BCUT2D eigenvalue weighted by Crippen LogP contribution is 2.20. The molecule has 1 fully saturated rings. The zero-order chi connectivity index (χ0) is 11.5. The molecular weight excluding hydrogens is 220 g/mol. The number of anilines is 1. The molecule has 0 bridgehead atoms. The normalized spacial score (nSPS) is 19.2. The summed E-state index contributed by atoms with van der Waals surface area (Å²) in [5.41, 5.74) is 0. The molecule has 5 heteroatoms. The third kappa shape index (κ3) is 2.92. The molecule has 2 heterocycles. The van der Waals surface area contributed by atoms with Gasteiger partial charge in [0.05, 0.1) is 0 Å². The zero-order valence-electron chi connectivity index (χ0n) is 10.2. The zero-order valence-corrected chi connectivity index (χ0v) is 11.0. The standard InChI is InChI=1S/C11H20N4S/c1-8(2)10-13-11(16-14-10)12-9-4-6-15(3)7-5-9/h8-9H,4-7H2,1-3H3,(H,12,13,14). The third-order valence-electron chi connectivity index (χ3n) is 3.00. The molecule has 1 saturated heterocycles. The molecule has 0 amide bonds. The summed E-state index contributed by atoms with van der Waals surface area (Å²) in [6.07, 6.45) is 2.40. The van der Waals surface area contributed by atoms with Crippen LogP contribution in [-0.4, -0.2) is 40.4 Å². The van der Waals surface area contributed by atoms with E-state index in [1.165, 1.54) is 37.5 Å². The Morgan fingerprint density at radius 2 is 2.06 bits per heavy atom. The number of nitrogens with one attached hydrogen (secondary N) is 1. The first-order chi connectivity index (χ1) is 7.65. The van der Waals surface area contributed by atoms with Crippen LogP contribution in [0.2, 0.25) is 0 Å². The third-order valence-corrected chi connectivity index (χ3v) is 3.66. The Morgan fingerprint density at radius 3 is 2.62 bits per heavy atom. The van der Waals surface area contributed by atoms with Gasteiger partial charge >= 0.3 is 0 Å². The molecule has 0 radical (unpaired) electrons. The van der Waals surface area contributed by atoms with Crippen molar-refractivity contribution in [3.63, 3.8) is 0 Å². The maximum Gasteiger partial charge on any atom is 0.202 e. The maximum absolute atomic E-state index is 4.51. The van der Waals surface area contributed by atoms with Crippen molar-refractivity contribution in [1.82, 2.24) is 14.3 Å². The van der Waals surface area contributed by atoms with Crippen LogP contribution in [0.25, 0.3) is 0 Å². The fraction of sp³-hybridized carbons (Fsp3) is 0.818. The highest BCUT2D eigenvalue weighted by Gasteiger charge is 2.18. The largest absolute Gasteiger partial charge is 0.357 e. The fourth-order valence-electron chi connectivity index (χ4n) is 1.86. The van der Waals surface area contributed by atoms with Crippen molar-refractivity contribution < 1.29 is 0 Å². The average molecular weight is 240 g/mol. The molecule has 1 aliphatic rings. The predicted octanol–water partition coefficient (Wildman–Crippen LogP) is 2.17. The van der Waals surface area contributed by atoms with Crippen LogP contribution in [-0.2, 0) is 0 Å². The Labute approximate surface area is 101 Å². The van der Waals surface area contributed by atoms with Crippen LogP contribution in [0.1, 0.15) is 38.4 Å². The number of likely N-dealkylation sites (tertiary alicyclic amines) is 1. The van der Waals surface area contributed by atoms with Crippen LogP contribution in [0.3, 0.4) is 0 Å². The number of hydrogen-bond acceptors (Lipinski definition) is 5. The minimum Gasteiger partial charge on any atom is -0.357 e. The second kappa shape index (κ2) is 5.10. The number of nitrogens with zero attached hydrogens (tertiary/aromatic N) is 3. The van der Waals surface area contributed by atoms with Gasteiger partial charge in [-0.05, 0) is 33.0 Å². The second-order valence-electron chi connectivity index (χ2n) is 4.83. The van der Waals surface area contributed by atoms with Crippen molar-refractivity contribution >= 4 is 16.7 Å². The molecule has 0 unspecified atom stereocenters. The van der Waals surface area contributed by atoms with E-state index in [9.17, 15) is 0 Å². The van der Waals surface area contributed by atoms with Crippen molar-refractivity contribution in [2.45, 2.75) is 38.6 Å². The summed E-state index contributed by atoms with van der Waals surface area (Å²) >= 11 is 1.49. The van der Waals surface area contributed by atoms with Crippen molar-refractivity contribution in [2.75, 3.05) is 25.5 Å². The molecule has 1 aliphatic heterocycles. The Bertz CT molecular complexity index is 328. The quantitative estimate of drug-likeness (QED) is 0.879. The van der Waals surface area contributed by atoms with Crippen LogP contribution >= 0.6 is 11.5 Å². The highest BCUT2D eigenvalue weighted by molar-refractivity contribution is 7.09. The van der Waals surface area contributed by atoms with E-state index in [0.717, 1.165) is 11.0 Å². The molecule has 0 aliphatic carbocycles. The van der Waals surface area contributed by atoms with E-state index >= 15 is 0 Å². The van der Waals surface area contributed by atoms with Crippen LogP contribution in [0, 0.1) is 0 Å². The lowest BCUT2D eigenvalue weighted by molar-refractivity contribution is 0.264. The average Bonchev–Trinajstić information content (AvgIpc) is 2.70. The van der Waals surface area contributed by atoms with Gasteiger partial charge in [0, 0.05) is 23.5 Å². The van der Waals surface area contributed by atoms with Crippen LogP contribution in [0.5, 0.6) is 0 Å². The van der Waals surface area contributed by atoms with Gasteiger partial charge in [-0.25, -0.2) is 4.98 Å². The van der Waals surface area contributed by atoms with Crippen molar-refractivity contribution in [2.24, 2.45) is 0 Å². The minimum absolute atomic E-state index is 0.421. The lowest BCUT2D eigenvalue weighted by atomic mass is 10.1. The Balaban J connectivity index is 1.88. The smallest absolute Gasteiger partial charge is 0.202 e.